The largest absolute Gasteiger partial charge is 0.494 e. The summed E-state index contributed by atoms with van der Waals surface area (Å²) < 4.78 is 16.9. The number of carbonyl (C=O) groups excluding carboxylic acids is 1. The first-order valence-electron chi connectivity index (χ1n) is 11.3. The highest BCUT2D eigenvalue weighted by Gasteiger charge is 2.32. The number of hydrogen-bond donors (Lipinski definition) is 1. The standard InChI is InChI=1S/C27H23N3O6/c1-2-3-12-34-20-9-5-7-18(14-20)27(31)35-21-10-11-22-24(15-21)36-26(29)23(16-28)25(22)17-6-4-8-19(13-17)30(32)33/h4-11,13-15,25H,2-3,12,29H2,1H3. The third-order valence-corrected chi connectivity index (χ3v) is 5.65. The molecule has 0 aromatic heterocycles. The van der Waals surface area contributed by atoms with Gasteiger partial charge in [-0.3, -0.25) is 10.1 Å². The van der Waals surface area contributed by atoms with Crippen LogP contribution in [0.5, 0.6) is 17.2 Å². The van der Waals surface area contributed by atoms with E-state index in [1.165, 1.54) is 18.2 Å². The van der Waals surface area contributed by atoms with Crippen molar-refractivity contribution in [3.63, 3.8) is 0 Å². The Morgan fingerprint density at radius 3 is 2.69 bits per heavy atom. The average molecular weight is 485 g/mol. The highest BCUT2D eigenvalue weighted by Crippen LogP contribution is 2.44. The second kappa shape index (κ2) is 10.6. The van der Waals surface area contributed by atoms with E-state index < -0.39 is 16.8 Å². The lowest BCUT2D eigenvalue weighted by Gasteiger charge is -2.26. The molecular weight excluding hydrogens is 462 g/mol. The van der Waals surface area contributed by atoms with Gasteiger partial charge >= 0.3 is 5.97 Å². The lowest BCUT2D eigenvalue weighted by molar-refractivity contribution is -0.384. The molecule has 3 aromatic carbocycles. The van der Waals surface area contributed by atoms with Crippen LogP contribution in [0.15, 0.2) is 78.2 Å². The van der Waals surface area contributed by atoms with Gasteiger partial charge in [0.05, 0.1) is 23.0 Å². The lowest BCUT2D eigenvalue weighted by Crippen LogP contribution is -2.21. The van der Waals surface area contributed by atoms with Crippen molar-refractivity contribution in [2.75, 3.05) is 6.61 Å². The zero-order valence-electron chi connectivity index (χ0n) is 19.5. The van der Waals surface area contributed by atoms with Crippen LogP contribution >= 0.6 is 0 Å². The number of hydrogen-bond acceptors (Lipinski definition) is 8. The highest BCUT2D eigenvalue weighted by atomic mass is 16.6. The normalized spacial score (nSPS) is 14.3. The predicted octanol–water partition coefficient (Wildman–Crippen LogP) is 5.21. The Kier molecular flexibility index (Phi) is 7.16. The Labute approximate surface area is 207 Å². The summed E-state index contributed by atoms with van der Waals surface area (Å²) in [5.41, 5.74) is 7.44. The van der Waals surface area contributed by atoms with Crippen molar-refractivity contribution < 1.29 is 23.9 Å². The van der Waals surface area contributed by atoms with E-state index in [2.05, 4.69) is 6.92 Å². The Bertz CT molecular complexity index is 1390. The summed E-state index contributed by atoms with van der Waals surface area (Å²) in [6.07, 6.45) is 1.91. The van der Waals surface area contributed by atoms with E-state index in [1.54, 1.807) is 48.5 Å². The van der Waals surface area contributed by atoms with E-state index in [-0.39, 0.29) is 28.6 Å². The van der Waals surface area contributed by atoms with Gasteiger partial charge in [-0.1, -0.05) is 37.6 Å². The maximum Gasteiger partial charge on any atom is 0.343 e. The van der Waals surface area contributed by atoms with Gasteiger partial charge in [-0.25, -0.2) is 4.79 Å². The molecule has 0 saturated heterocycles. The summed E-state index contributed by atoms with van der Waals surface area (Å²) in [6, 6.07) is 19.5. The topological polar surface area (TPSA) is 138 Å². The number of nitro groups is 1. The molecule has 36 heavy (non-hydrogen) atoms. The monoisotopic (exact) mass is 485 g/mol. The lowest BCUT2D eigenvalue weighted by atomic mass is 9.83. The molecule has 1 unspecified atom stereocenters. The fraction of sp³-hybridized carbons (Fsp3) is 0.185. The van der Waals surface area contributed by atoms with Crippen molar-refractivity contribution in [1.82, 2.24) is 0 Å². The van der Waals surface area contributed by atoms with Crippen molar-refractivity contribution in [1.29, 1.82) is 5.26 Å². The van der Waals surface area contributed by atoms with Gasteiger partial charge in [0.15, 0.2) is 0 Å². The van der Waals surface area contributed by atoms with Crippen LogP contribution in [0.25, 0.3) is 0 Å². The van der Waals surface area contributed by atoms with Gasteiger partial charge in [-0.15, -0.1) is 0 Å². The van der Waals surface area contributed by atoms with Crippen molar-refractivity contribution >= 4 is 11.7 Å². The molecule has 0 aliphatic carbocycles. The van der Waals surface area contributed by atoms with Crippen molar-refractivity contribution in [2.24, 2.45) is 5.73 Å². The Hall–Kier alpha value is -4.84. The number of nitriles is 1. The fourth-order valence-electron chi connectivity index (χ4n) is 3.87. The number of nitrogens with zero attached hydrogens (tertiary/aromatic N) is 2. The minimum Gasteiger partial charge on any atom is -0.494 e. The summed E-state index contributed by atoms with van der Waals surface area (Å²) >= 11 is 0. The predicted molar refractivity (Wildman–Crippen MR) is 131 cm³/mol. The summed E-state index contributed by atoms with van der Waals surface area (Å²) in [5, 5.41) is 21.0. The van der Waals surface area contributed by atoms with Crippen LogP contribution in [0.4, 0.5) is 5.69 Å². The zero-order chi connectivity index (χ0) is 25.7. The molecule has 1 aliphatic heterocycles. The minimum absolute atomic E-state index is 0.108. The molecule has 1 atom stereocenters. The molecule has 0 spiro atoms. The molecular formula is C27H23N3O6. The quantitative estimate of drug-likeness (QED) is 0.151. The molecule has 0 bridgehead atoms. The average Bonchev–Trinajstić information content (AvgIpc) is 2.88. The highest BCUT2D eigenvalue weighted by molar-refractivity contribution is 5.91. The molecule has 3 aromatic rings. The zero-order valence-corrected chi connectivity index (χ0v) is 19.5. The molecule has 0 amide bonds. The molecule has 0 fully saturated rings. The first kappa shape index (κ1) is 24.3. The van der Waals surface area contributed by atoms with Crippen LogP contribution in [0.1, 0.15) is 47.2 Å². The number of esters is 1. The summed E-state index contributed by atoms with van der Waals surface area (Å²) in [6.45, 7) is 2.62. The molecule has 2 N–H and O–H groups in total. The molecule has 1 heterocycles. The van der Waals surface area contributed by atoms with Crippen LogP contribution < -0.4 is 19.9 Å². The number of nitro benzene ring substituents is 1. The molecule has 9 nitrogen and oxygen atoms in total. The fourth-order valence-corrected chi connectivity index (χ4v) is 3.87. The third kappa shape index (κ3) is 5.13. The van der Waals surface area contributed by atoms with Crippen LogP contribution in [-0.2, 0) is 0 Å². The number of fused-ring (bicyclic) bond motifs is 1. The molecule has 1 aliphatic rings. The van der Waals surface area contributed by atoms with Crippen molar-refractivity contribution in [3.05, 3.63) is 105 Å². The number of nitrogens with two attached hydrogens (primary N) is 1. The molecule has 0 radical (unpaired) electrons. The van der Waals surface area contributed by atoms with Crippen LogP contribution in [0.2, 0.25) is 0 Å². The number of non-ortho nitro benzene ring substituents is 1. The summed E-state index contributed by atoms with van der Waals surface area (Å²) in [4.78, 5) is 23.5. The first-order valence-corrected chi connectivity index (χ1v) is 11.3. The van der Waals surface area contributed by atoms with Gasteiger partial charge in [-0.05, 0) is 36.2 Å². The van der Waals surface area contributed by atoms with E-state index in [9.17, 15) is 20.2 Å². The number of rotatable bonds is 8. The Morgan fingerprint density at radius 2 is 1.94 bits per heavy atom. The van der Waals surface area contributed by atoms with E-state index >= 15 is 0 Å². The maximum absolute atomic E-state index is 12.8. The smallest absolute Gasteiger partial charge is 0.343 e. The van der Waals surface area contributed by atoms with Crippen molar-refractivity contribution in [3.8, 4) is 23.3 Å². The van der Waals surface area contributed by atoms with E-state index in [0.29, 0.717) is 29.0 Å². The molecule has 9 heteroatoms. The Balaban J connectivity index is 1.61. The number of benzene rings is 3. The van der Waals surface area contributed by atoms with Crippen LogP contribution in [0.3, 0.4) is 0 Å². The van der Waals surface area contributed by atoms with Gasteiger partial charge in [0.1, 0.15) is 28.9 Å². The van der Waals surface area contributed by atoms with Crippen molar-refractivity contribution in [2.45, 2.75) is 25.7 Å². The van der Waals surface area contributed by atoms with Gasteiger partial charge in [-0.2, -0.15) is 5.26 Å². The molecule has 4 rings (SSSR count). The number of carbonyl (C=O) groups is 1. The molecule has 0 saturated carbocycles. The SMILES string of the molecule is CCCCOc1cccc(C(=O)Oc2ccc3c(c2)OC(N)=C(C#N)C3c2cccc([N+](=O)[O-])c2)c1. The van der Waals surface area contributed by atoms with Gasteiger partial charge in [0.2, 0.25) is 5.88 Å². The second-order valence-electron chi connectivity index (χ2n) is 8.10. The molecule has 182 valence electrons. The van der Waals surface area contributed by atoms with E-state index in [0.717, 1.165) is 12.8 Å². The van der Waals surface area contributed by atoms with E-state index in [4.69, 9.17) is 19.9 Å². The number of unbranched alkanes of at least 4 members (excludes halogenated alkanes) is 1. The van der Waals surface area contributed by atoms with Gasteiger partial charge in [0.25, 0.3) is 5.69 Å². The minimum atomic E-state index is -0.680. The third-order valence-electron chi connectivity index (χ3n) is 5.65. The summed E-state index contributed by atoms with van der Waals surface area (Å²) in [5.74, 6) is -0.314. The number of ether oxygens (including phenoxy) is 3. The maximum atomic E-state index is 12.8. The van der Waals surface area contributed by atoms with E-state index in [1.807, 2.05) is 6.07 Å². The summed E-state index contributed by atoms with van der Waals surface area (Å²) in [7, 11) is 0. The second-order valence-corrected chi connectivity index (χ2v) is 8.10. The van der Waals surface area contributed by atoms with Crippen LogP contribution in [0, 0.1) is 21.4 Å². The van der Waals surface area contributed by atoms with Gasteiger partial charge in [0, 0.05) is 23.8 Å². The first-order chi connectivity index (χ1) is 17.4. The Morgan fingerprint density at radius 1 is 1.14 bits per heavy atom. The number of allylic oxidation sites excluding steroid dienone is 1. The van der Waals surface area contributed by atoms with Gasteiger partial charge < -0.3 is 19.9 Å². The van der Waals surface area contributed by atoms with Crippen LogP contribution in [-0.4, -0.2) is 17.5 Å².